The minimum absolute atomic E-state index is 0.0630. The van der Waals surface area contributed by atoms with Gasteiger partial charge >= 0.3 is 12.1 Å². The largest absolute Gasteiger partial charge is 0.465 e. The lowest BCUT2D eigenvalue weighted by atomic mass is 10.1. The third-order valence-electron chi connectivity index (χ3n) is 4.24. The van der Waals surface area contributed by atoms with Gasteiger partial charge in [0.2, 0.25) is 0 Å². The molecule has 10 heteroatoms. The summed E-state index contributed by atoms with van der Waals surface area (Å²) >= 11 is 0. The molecule has 1 aromatic carbocycles. The maximum Gasteiger partial charge on any atom is 0.436 e. The molecule has 1 aliphatic rings. The van der Waals surface area contributed by atoms with Crippen molar-refractivity contribution in [3.8, 4) is 0 Å². The van der Waals surface area contributed by atoms with E-state index >= 15 is 0 Å². The molecule has 0 saturated carbocycles. The summed E-state index contributed by atoms with van der Waals surface area (Å²) in [5, 5.41) is 8.85. The molecule has 2 heterocycles. The van der Waals surface area contributed by atoms with Crippen LogP contribution < -0.4 is 10.6 Å². The van der Waals surface area contributed by atoms with Gasteiger partial charge in [0.15, 0.2) is 5.69 Å². The molecule has 1 aliphatic heterocycles. The molecular weight excluding hydrogens is 365 g/mol. The lowest BCUT2D eigenvalue weighted by Gasteiger charge is -2.16. The Kier molecular flexibility index (Phi) is 4.81. The molecule has 0 fully saturated rings. The quantitative estimate of drug-likeness (QED) is 0.794. The predicted octanol–water partition coefficient (Wildman–Crippen LogP) is 2.61. The molecule has 27 heavy (non-hydrogen) atoms. The second-order valence-electron chi connectivity index (χ2n) is 6.03. The van der Waals surface area contributed by atoms with Crippen molar-refractivity contribution < 1.29 is 27.5 Å². The molecule has 7 nitrogen and oxygen atoms in total. The second kappa shape index (κ2) is 6.93. The number of rotatable bonds is 4. The van der Waals surface area contributed by atoms with Gasteiger partial charge in [-0.2, -0.15) is 18.3 Å². The number of nitrogens with one attached hydrogen (secondary N) is 2. The highest BCUT2D eigenvalue weighted by molar-refractivity contribution is 6.00. The molecule has 0 aliphatic carbocycles. The average molecular weight is 382 g/mol. The fourth-order valence-corrected chi connectivity index (χ4v) is 2.87. The van der Waals surface area contributed by atoms with E-state index in [2.05, 4.69) is 20.5 Å². The van der Waals surface area contributed by atoms with Gasteiger partial charge in [-0.15, -0.1) is 0 Å². The van der Waals surface area contributed by atoms with Crippen LogP contribution in [-0.2, 0) is 17.5 Å². The van der Waals surface area contributed by atoms with Gasteiger partial charge in [0, 0.05) is 6.54 Å². The fraction of sp³-hybridized carbons (Fsp3) is 0.353. The normalized spacial score (nSPS) is 14.3. The fourth-order valence-electron chi connectivity index (χ4n) is 2.87. The van der Waals surface area contributed by atoms with Gasteiger partial charge in [-0.1, -0.05) is 12.1 Å². The Hall–Kier alpha value is -3.04. The molecule has 144 valence electrons. The Morgan fingerprint density at radius 3 is 2.56 bits per heavy atom. The van der Waals surface area contributed by atoms with E-state index in [-0.39, 0.29) is 12.4 Å². The topological polar surface area (TPSA) is 85.2 Å². The van der Waals surface area contributed by atoms with Crippen molar-refractivity contribution in [2.45, 2.75) is 25.7 Å². The van der Waals surface area contributed by atoms with Crippen LogP contribution in [0.4, 0.5) is 19.0 Å². The number of hydrogen-bond acceptors (Lipinski definition) is 5. The highest BCUT2D eigenvalue weighted by atomic mass is 19.4. The van der Waals surface area contributed by atoms with Crippen LogP contribution in [0, 0.1) is 0 Å². The van der Waals surface area contributed by atoms with Gasteiger partial charge in [0.1, 0.15) is 11.4 Å². The number of esters is 1. The van der Waals surface area contributed by atoms with Crippen molar-refractivity contribution in [3.05, 3.63) is 46.6 Å². The zero-order valence-corrected chi connectivity index (χ0v) is 14.6. The van der Waals surface area contributed by atoms with Crippen LogP contribution in [0.5, 0.6) is 0 Å². The molecule has 1 aromatic heterocycles. The van der Waals surface area contributed by atoms with Gasteiger partial charge in [0.25, 0.3) is 5.91 Å². The molecule has 0 radical (unpaired) electrons. The number of alkyl halides is 3. The van der Waals surface area contributed by atoms with E-state index < -0.39 is 35.4 Å². The summed E-state index contributed by atoms with van der Waals surface area (Å²) in [6, 6.07) is 5.65. The smallest absolute Gasteiger partial charge is 0.436 e. The van der Waals surface area contributed by atoms with E-state index in [1.807, 2.05) is 0 Å². The summed E-state index contributed by atoms with van der Waals surface area (Å²) in [5.41, 5.74) is -0.771. The second-order valence-corrected chi connectivity index (χ2v) is 6.03. The molecular formula is C17H17F3N4O3. The Morgan fingerprint density at radius 2 is 1.96 bits per heavy atom. The first kappa shape index (κ1) is 18.7. The molecule has 2 N–H and O–H groups in total. The summed E-state index contributed by atoms with van der Waals surface area (Å²) in [7, 11) is 1.26. The molecule has 1 amide bonds. The summed E-state index contributed by atoms with van der Waals surface area (Å²) in [4.78, 5) is 24.0. The van der Waals surface area contributed by atoms with Crippen molar-refractivity contribution in [1.29, 1.82) is 0 Å². The van der Waals surface area contributed by atoms with Crippen molar-refractivity contribution in [2.75, 3.05) is 19.0 Å². The number of halogens is 3. The zero-order chi connectivity index (χ0) is 19.8. The van der Waals surface area contributed by atoms with Gasteiger partial charge in [-0.3, -0.25) is 4.79 Å². The van der Waals surface area contributed by atoms with Crippen LogP contribution >= 0.6 is 0 Å². The SMILES string of the molecule is COC(=O)c1ccc([C@H](C)NC(=O)c2c(C(F)(F)F)nn3c2NCC3)cc1. The minimum Gasteiger partial charge on any atom is -0.465 e. The number of nitrogens with zero attached hydrogens (tertiary/aromatic N) is 2. The van der Waals surface area contributed by atoms with E-state index in [1.165, 1.54) is 19.2 Å². The number of methoxy groups -OCH3 is 1. The van der Waals surface area contributed by atoms with Crippen molar-refractivity contribution in [2.24, 2.45) is 0 Å². The first-order valence-corrected chi connectivity index (χ1v) is 8.13. The van der Waals surface area contributed by atoms with E-state index in [1.54, 1.807) is 19.1 Å². The third kappa shape index (κ3) is 3.60. The number of amides is 1. The van der Waals surface area contributed by atoms with E-state index in [4.69, 9.17) is 0 Å². The van der Waals surface area contributed by atoms with Crippen LogP contribution in [0.25, 0.3) is 0 Å². The molecule has 0 saturated heterocycles. The standard InChI is InChI=1S/C17H17F3N4O3/c1-9(10-3-5-11(6-4-10)16(26)27-2)22-15(25)12-13(17(18,19)20)23-24-8-7-21-14(12)24/h3-6,9,21H,7-8H2,1-2H3,(H,22,25)/t9-/m0/s1. The lowest BCUT2D eigenvalue weighted by molar-refractivity contribution is -0.141. The van der Waals surface area contributed by atoms with E-state index in [0.29, 0.717) is 17.7 Å². The molecule has 0 bridgehead atoms. The first-order chi connectivity index (χ1) is 12.7. The molecule has 2 aromatic rings. The molecule has 1 atom stereocenters. The van der Waals surface area contributed by atoms with Crippen molar-refractivity contribution in [3.63, 3.8) is 0 Å². The zero-order valence-electron chi connectivity index (χ0n) is 14.6. The van der Waals surface area contributed by atoms with E-state index in [9.17, 15) is 22.8 Å². The van der Waals surface area contributed by atoms with Gasteiger partial charge in [-0.25, -0.2) is 9.48 Å². The Labute approximate surface area is 152 Å². The summed E-state index contributed by atoms with van der Waals surface area (Å²) < 4.78 is 45.5. The third-order valence-corrected chi connectivity index (χ3v) is 4.24. The number of aromatic nitrogens is 2. The summed E-state index contributed by atoms with van der Waals surface area (Å²) in [6.07, 6.45) is -4.74. The highest BCUT2D eigenvalue weighted by Gasteiger charge is 2.42. The van der Waals surface area contributed by atoms with Crippen LogP contribution in [0.3, 0.4) is 0 Å². The molecule has 0 spiro atoms. The maximum atomic E-state index is 13.2. The van der Waals surface area contributed by atoms with Gasteiger partial charge in [-0.05, 0) is 24.6 Å². The number of benzene rings is 1. The minimum atomic E-state index is -4.74. The van der Waals surface area contributed by atoms with Crippen LogP contribution in [-0.4, -0.2) is 35.3 Å². The highest BCUT2D eigenvalue weighted by Crippen LogP contribution is 2.36. The monoisotopic (exact) mass is 382 g/mol. The van der Waals surface area contributed by atoms with Crippen LogP contribution in [0.15, 0.2) is 24.3 Å². The molecule has 0 unspecified atom stereocenters. The number of hydrogen-bond donors (Lipinski definition) is 2. The number of fused-ring (bicyclic) bond motifs is 1. The Balaban J connectivity index is 1.82. The van der Waals surface area contributed by atoms with Gasteiger partial charge < -0.3 is 15.4 Å². The van der Waals surface area contributed by atoms with Gasteiger partial charge in [0.05, 0.1) is 25.3 Å². The molecule has 3 rings (SSSR count). The first-order valence-electron chi connectivity index (χ1n) is 8.13. The summed E-state index contributed by atoms with van der Waals surface area (Å²) in [5.74, 6) is -1.31. The summed E-state index contributed by atoms with van der Waals surface area (Å²) in [6.45, 7) is 2.30. The number of ether oxygens (including phenoxy) is 1. The van der Waals surface area contributed by atoms with Crippen LogP contribution in [0.1, 0.15) is 44.9 Å². The van der Waals surface area contributed by atoms with E-state index in [0.717, 1.165) is 4.68 Å². The van der Waals surface area contributed by atoms with Crippen molar-refractivity contribution >= 4 is 17.7 Å². The lowest BCUT2D eigenvalue weighted by Crippen LogP contribution is -2.29. The maximum absolute atomic E-state index is 13.2. The average Bonchev–Trinajstić information content (AvgIpc) is 3.21. The number of carbonyl (C=O) groups excluding carboxylic acids is 2. The van der Waals surface area contributed by atoms with Crippen LogP contribution in [0.2, 0.25) is 0 Å². The Bertz CT molecular complexity index is 875. The predicted molar refractivity (Wildman–Crippen MR) is 89.4 cm³/mol. The Morgan fingerprint density at radius 1 is 1.30 bits per heavy atom. The number of carbonyl (C=O) groups is 2. The van der Waals surface area contributed by atoms with Crippen molar-refractivity contribution in [1.82, 2.24) is 15.1 Å². The number of anilines is 1.